The van der Waals surface area contributed by atoms with Gasteiger partial charge in [0.1, 0.15) is 0 Å². The van der Waals surface area contributed by atoms with Crippen LogP contribution in [0.3, 0.4) is 0 Å². The Morgan fingerprint density at radius 1 is 0.181 bits per heavy atom. The topological polar surface area (TPSA) is 83.8 Å². The maximum atomic E-state index is 5.61. The van der Waals surface area contributed by atoms with Gasteiger partial charge >= 0.3 is 0 Å². The van der Waals surface area contributed by atoms with E-state index in [9.17, 15) is 0 Å². The van der Waals surface area contributed by atoms with Crippen LogP contribution < -0.4 is 9.80 Å². The fraction of sp³-hybridized carbons (Fsp3) is 0. The van der Waals surface area contributed by atoms with Crippen LogP contribution in [0.25, 0.3) is 145 Å². The van der Waals surface area contributed by atoms with Gasteiger partial charge in [-0.2, -0.15) is 19.9 Å². The molecule has 2 aliphatic heterocycles. The highest BCUT2D eigenvalue weighted by Crippen LogP contribution is 2.53. The van der Waals surface area contributed by atoms with E-state index in [4.69, 9.17) is 29.9 Å². The van der Waals surface area contributed by atoms with E-state index in [-0.39, 0.29) is 0 Å². The molecule has 18 rings (SSSR count). The highest BCUT2D eigenvalue weighted by atomic mass is 15.3. The second kappa shape index (κ2) is 22.6. The number of para-hydroxylation sites is 4. The van der Waals surface area contributed by atoms with Crippen LogP contribution in [0.1, 0.15) is 0 Å². The average molecular weight is 1200 g/mol. The third kappa shape index (κ3) is 9.31. The predicted octanol–water partition coefficient (Wildman–Crippen LogP) is 22.3. The fourth-order valence-corrected chi connectivity index (χ4v) is 13.9. The first-order valence-corrected chi connectivity index (χ1v) is 31.7. The Hall–Kier alpha value is -12.8. The molecule has 0 bridgehead atoms. The Labute approximate surface area is 543 Å². The van der Waals surface area contributed by atoms with Crippen LogP contribution in [0.4, 0.5) is 34.6 Å². The van der Waals surface area contributed by atoms with Gasteiger partial charge in [0, 0.05) is 44.5 Å². The Morgan fingerprint density at radius 3 is 0.989 bits per heavy atom. The molecule has 14 aromatic carbocycles. The van der Waals surface area contributed by atoms with Crippen molar-refractivity contribution in [2.45, 2.75) is 0 Å². The molecule has 0 aliphatic carbocycles. The molecule has 0 unspecified atom stereocenters. The highest BCUT2D eigenvalue weighted by molar-refractivity contribution is 6.17. The van der Waals surface area contributed by atoms with E-state index in [1.54, 1.807) is 0 Å². The molecule has 438 valence electrons. The second-order valence-corrected chi connectivity index (χ2v) is 23.7. The van der Waals surface area contributed by atoms with Gasteiger partial charge in [-0.1, -0.05) is 291 Å². The summed E-state index contributed by atoms with van der Waals surface area (Å²) in [6.07, 6.45) is 0. The molecular weight excluding hydrogens is 1150 g/mol. The van der Waals surface area contributed by atoms with Crippen molar-refractivity contribution < 1.29 is 0 Å². The number of rotatable bonds is 9. The molecule has 0 saturated heterocycles. The Kier molecular flexibility index (Phi) is 13.0. The first kappa shape index (κ1) is 54.2. The minimum absolute atomic E-state index is 0.504. The van der Waals surface area contributed by atoms with Gasteiger partial charge in [-0.05, 0) is 114 Å². The monoisotopic (exact) mass is 1200 g/mol. The minimum Gasteiger partial charge on any atom is -0.278 e. The van der Waals surface area contributed by atoms with Gasteiger partial charge in [0.05, 0.1) is 22.7 Å². The van der Waals surface area contributed by atoms with Crippen LogP contribution in [0.15, 0.2) is 328 Å². The molecule has 2 aliphatic rings. The van der Waals surface area contributed by atoms with E-state index >= 15 is 0 Å². The molecule has 2 aromatic heterocycles. The van der Waals surface area contributed by atoms with E-state index in [0.29, 0.717) is 35.2 Å². The normalized spacial score (nSPS) is 12.0. The number of aromatic nitrogens is 6. The largest absolute Gasteiger partial charge is 0.278 e. The molecule has 8 heteroatoms. The summed E-state index contributed by atoms with van der Waals surface area (Å²) in [6.45, 7) is 0. The van der Waals surface area contributed by atoms with Gasteiger partial charge in [0.2, 0.25) is 11.9 Å². The van der Waals surface area contributed by atoms with E-state index in [0.717, 1.165) is 134 Å². The van der Waals surface area contributed by atoms with Crippen molar-refractivity contribution in [3.63, 3.8) is 0 Å². The van der Waals surface area contributed by atoms with Crippen molar-refractivity contribution in [2.24, 2.45) is 0 Å². The highest BCUT2D eigenvalue weighted by Gasteiger charge is 2.31. The van der Waals surface area contributed by atoms with Crippen LogP contribution >= 0.6 is 0 Å². The number of hydrogen-bond donors (Lipinski definition) is 0. The molecule has 0 spiro atoms. The Morgan fingerprint density at radius 2 is 0.489 bits per heavy atom. The molecular formula is C86H54N8. The smallest absolute Gasteiger partial charge is 0.238 e. The third-order valence-electron chi connectivity index (χ3n) is 18.3. The van der Waals surface area contributed by atoms with E-state index in [1.807, 2.05) is 30.3 Å². The lowest BCUT2D eigenvalue weighted by atomic mass is 9.85. The van der Waals surface area contributed by atoms with Gasteiger partial charge in [-0.3, -0.25) is 9.80 Å². The lowest BCUT2D eigenvalue weighted by molar-refractivity contribution is 1.02. The third-order valence-corrected chi connectivity index (χ3v) is 18.3. The maximum Gasteiger partial charge on any atom is 0.238 e. The van der Waals surface area contributed by atoms with Gasteiger partial charge in [0.15, 0.2) is 23.3 Å². The standard InChI is InChI=1S/C86H54N8/c1-4-23-55(24-5-1)57-47-49-60(50-48-57)82-87-81(59-27-8-3-9-28-59)89-85(90-82)94-77-45-16-12-37-68(77)73-42-22-41-70-65(51-52-74(80(70)73)69-38-13-17-46-78(69)94)62-32-19-34-64(54-62)84-88-83(63-33-18-31-61(53-63)56-25-6-2-7-26-56)91-86(92-84)93-75-43-14-10-35-66(75)71-39-20-29-58-30-21-40-72(79(58)71)67-36-11-15-44-76(67)93/h1-54H. The van der Waals surface area contributed by atoms with Gasteiger partial charge in [0.25, 0.3) is 0 Å². The second-order valence-electron chi connectivity index (χ2n) is 23.7. The summed E-state index contributed by atoms with van der Waals surface area (Å²) in [7, 11) is 0. The Balaban J connectivity index is 0.802. The molecule has 0 amide bonds. The van der Waals surface area contributed by atoms with Crippen molar-refractivity contribution in [2.75, 3.05) is 9.80 Å². The first-order valence-electron chi connectivity index (χ1n) is 31.7. The maximum absolute atomic E-state index is 5.61. The zero-order valence-corrected chi connectivity index (χ0v) is 50.8. The molecule has 0 atom stereocenters. The lowest BCUT2D eigenvalue weighted by Crippen LogP contribution is -2.18. The first-order chi connectivity index (χ1) is 46.6. The molecule has 8 nitrogen and oxygen atoms in total. The van der Waals surface area contributed by atoms with E-state index in [2.05, 4.69) is 307 Å². The van der Waals surface area contributed by atoms with Gasteiger partial charge in [-0.15, -0.1) is 0 Å². The molecule has 0 saturated carbocycles. The van der Waals surface area contributed by atoms with Gasteiger partial charge in [-0.25, -0.2) is 9.97 Å². The number of benzene rings is 14. The van der Waals surface area contributed by atoms with Crippen LogP contribution in [0.2, 0.25) is 0 Å². The summed E-state index contributed by atoms with van der Waals surface area (Å²) in [5.41, 5.74) is 22.6. The predicted molar refractivity (Wildman–Crippen MR) is 385 cm³/mol. The summed E-state index contributed by atoms with van der Waals surface area (Å²) in [6, 6.07) is 116. The van der Waals surface area contributed by atoms with Crippen molar-refractivity contribution in [1.29, 1.82) is 0 Å². The summed E-state index contributed by atoms with van der Waals surface area (Å²) < 4.78 is 0. The zero-order valence-electron chi connectivity index (χ0n) is 50.8. The Bertz CT molecular complexity index is 5500. The minimum atomic E-state index is 0.504. The van der Waals surface area contributed by atoms with Crippen molar-refractivity contribution in [3.05, 3.63) is 328 Å². The van der Waals surface area contributed by atoms with Crippen LogP contribution in [0, 0.1) is 0 Å². The molecule has 0 radical (unpaired) electrons. The molecule has 0 N–H and O–H groups in total. The van der Waals surface area contributed by atoms with Crippen LogP contribution in [-0.4, -0.2) is 29.9 Å². The number of nitrogens with zero attached hydrogens (tertiary/aromatic N) is 8. The molecule has 16 aromatic rings. The average Bonchev–Trinajstić information content (AvgIpc) is 0.735. The zero-order chi connectivity index (χ0) is 62.1. The van der Waals surface area contributed by atoms with Crippen molar-refractivity contribution in [3.8, 4) is 123 Å². The molecule has 4 heterocycles. The summed E-state index contributed by atoms with van der Waals surface area (Å²) in [5, 5.41) is 4.64. The SMILES string of the molecule is c1ccc(-c2ccc(-c3nc(-c4ccccc4)nc(N4c5ccccc5-c5cccc6c(-c7cccc(-c8nc(-c9cccc(-c%10ccccc%10)c9)nc(N9c%10ccccc%10-c%10cccc%11cccc(c%10%11)-c%10ccccc%109)n8)c7)ccc(c56)-c5ccccc54)n3)cc2)cc1. The number of hydrogen-bond acceptors (Lipinski definition) is 8. The quantitative estimate of drug-likeness (QED) is 0.141. The molecule has 94 heavy (non-hydrogen) atoms. The van der Waals surface area contributed by atoms with Crippen molar-refractivity contribution >= 4 is 56.2 Å². The molecule has 0 fully saturated rings. The van der Waals surface area contributed by atoms with Crippen molar-refractivity contribution in [1.82, 2.24) is 29.9 Å². The fourth-order valence-electron chi connectivity index (χ4n) is 13.9. The lowest BCUT2D eigenvalue weighted by Gasteiger charge is -2.31. The summed E-state index contributed by atoms with van der Waals surface area (Å²) >= 11 is 0. The summed E-state index contributed by atoms with van der Waals surface area (Å²) in [4.78, 5) is 37.1. The van der Waals surface area contributed by atoms with Crippen LogP contribution in [-0.2, 0) is 0 Å². The van der Waals surface area contributed by atoms with Crippen LogP contribution in [0.5, 0.6) is 0 Å². The van der Waals surface area contributed by atoms with E-state index in [1.165, 1.54) is 10.8 Å². The van der Waals surface area contributed by atoms with Gasteiger partial charge < -0.3 is 0 Å². The van der Waals surface area contributed by atoms with E-state index < -0.39 is 0 Å². The number of fused-ring (bicyclic) bond motifs is 8. The summed E-state index contributed by atoms with van der Waals surface area (Å²) in [5.74, 6) is 3.28. The number of anilines is 6.